The largest absolute Gasteiger partial charge is 0.494 e. The molecule has 1 saturated heterocycles. The summed E-state index contributed by atoms with van der Waals surface area (Å²) >= 11 is 0. The fourth-order valence-corrected chi connectivity index (χ4v) is 3.50. The highest BCUT2D eigenvalue weighted by molar-refractivity contribution is 5.75. The molecule has 1 aromatic heterocycles. The topological polar surface area (TPSA) is 39.5 Å². The number of rotatable bonds is 7. The Kier molecular flexibility index (Phi) is 5.70. The Morgan fingerprint density at radius 3 is 2.63 bits per heavy atom. The van der Waals surface area contributed by atoms with E-state index < -0.39 is 0 Å². The van der Waals surface area contributed by atoms with E-state index in [1.165, 1.54) is 11.1 Å². The summed E-state index contributed by atoms with van der Waals surface area (Å²) in [6.45, 7) is 8.13. The molecular weight excluding hydrogens is 338 g/mol. The second-order valence-corrected chi connectivity index (χ2v) is 7.07. The lowest BCUT2D eigenvalue weighted by molar-refractivity contribution is 0.0326. The minimum Gasteiger partial charge on any atom is -0.494 e. The van der Waals surface area contributed by atoms with E-state index >= 15 is 0 Å². The highest BCUT2D eigenvalue weighted by Gasteiger charge is 2.16. The standard InChI is InChI=1S/C22H27N3O2/c1-18-7-9-19(10-8-18)27-14-4-11-25-21-6-3-2-5-20(21)23-22(25)17-24-12-15-26-16-13-24/h2-3,5-10H,4,11-17H2,1H3. The summed E-state index contributed by atoms with van der Waals surface area (Å²) in [6.07, 6.45) is 0.949. The van der Waals surface area contributed by atoms with Gasteiger partial charge in [-0.3, -0.25) is 4.90 Å². The number of fused-ring (bicyclic) bond motifs is 1. The fraction of sp³-hybridized carbons (Fsp3) is 0.409. The van der Waals surface area contributed by atoms with Crippen LogP contribution in [-0.4, -0.2) is 47.4 Å². The number of benzene rings is 2. The van der Waals surface area contributed by atoms with Crippen molar-refractivity contribution in [3.8, 4) is 5.75 Å². The maximum atomic E-state index is 5.90. The molecule has 1 aliphatic heterocycles. The highest BCUT2D eigenvalue weighted by atomic mass is 16.5. The molecule has 0 amide bonds. The molecule has 142 valence electrons. The second kappa shape index (κ2) is 8.55. The highest BCUT2D eigenvalue weighted by Crippen LogP contribution is 2.19. The molecule has 0 aliphatic carbocycles. The summed E-state index contributed by atoms with van der Waals surface area (Å²) in [4.78, 5) is 7.31. The maximum Gasteiger partial charge on any atom is 0.124 e. The molecule has 3 aromatic rings. The van der Waals surface area contributed by atoms with Gasteiger partial charge in [0.25, 0.3) is 0 Å². The van der Waals surface area contributed by atoms with Crippen molar-refractivity contribution >= 4 is 11.0 Å². The average molecular weight is 365 g/mol. The lowest BCUT2D eigenvalue weighted by Gasteiger charge is -2.26. The van der Waals surface area contributed by atoms with Crippen LogP contribution in [0.2, 0.25) is 0 Å². The molecule has 0 saturated carbocycles. The van der Waals surface area contributed by atoms with Crippen molar-refractivity contribution in [1.29, 1.82) is 0 Å². The van der Waals surface area contributed by atoms with E-state index in [0.29, 0.717) is 6.61 Å². The molecule has 1 aliphatic rings. The molecule has 0 spiro atoms. The number of nitrogens with zero attached hydrogens (tertiary/aromatic N) is 3. The van der Waals surface area contributed by atoms with E-state index in [2.05, 4.69) is 52.8 Å². The Morgan fingerprint density at radius 1 is 1.04 bits per heavy atom. The first kappa shape index (κ1) is 18.0. The van der Waals surface area contributed by atoms with Crippen LogP contribution < -0.4 is 4.74 Å². The first-order chi connectivity index (χ1) is 13.3. The number of ether oxygens (including phenoxy) is 2. The minimum absolute atomic E-state index is 0.701. The van der Waals surface area contributed by atoms with Crippen molar-refractivity contribution in [2.24, 2.45) is 0 Å². The molecule has 5 nitrogen and oxygen atoms in total. The third kappa shape index (κ3) is 4.49. The van der Waals surface area contributed by atoms with E-state index in [9.17, 15) is 0 Å². The number of aryl methyl sites for hydroxylation is 2. The van der Waals surface area contributed by atoms with Crippen LogP contribution in [0.15, 0.2) is 48.5 Å². The summed E-state index contributed by atoms with van der Waals surface area (Å²) in [7, 11) is 0. The Hall–Kier alpha value is -2.37. The summed E-state index contributed by atoms with van der Waals surface area (Å²) in [5, 5.41) is 0. The van der Waals surface area contributed by atoms with Crippen molar-refractivity contribution < 1.29 is 9.47 Å². The number of para-hydroxylation sites is 2. The van der Waals surface area contributed by atoms with E-state index in [1.807, 2.05) is 12.1 Å². The number of morpholine rings is 1. The Labute approximate surface area is 160 Å². The van der Waals surface area contributed by atoms with E-state index in [-0.39, 0.29) is 0 Å². The summed E-state index contributed by atoms with van der Waals surface area (Å²) in [6, 6.07) is 16.6. The van der Waals surface area contributed by atoms with Gasteiger partial charge in [0.1, 0.15) is 11.6 Å². The van der Waals surface area contributed by atoms with Gasteiger partial charge in [0.05, 0.1) is 37.4 Å². The number of hydrogen-bond donors (Lipinski definition) is 0. The molecular formula is C22H27N3O2. The molecule has 0 bridgehead atoms. The molecule has 0 radical (unpaired) electrons. The lowest BCUT2D eigenvalue weighted by atomic mass is 10.2. The van der Waals surface area contributed by atoms with Crippen molar-refractivity contribution in [2.75, 3.05) is 32.9 Å². The summed E-state index contributed by atoms with van der Waals surface area (Å²) in [5.41, 5.74) is 3.52. The Bertz CT molecular complexity index is 867. The Morgan fingerprint density at radius 2 is 1.81 bits per heavy atom. The molecule has 0 unspecified atom stereocenters. The van der Waals surface area contributed by atoms with Gasteiger partial charge < -0.3 is 14.0 Å². The zero-order valence-electron chi connectivity index (χ0n) is 15.9. The number of hydrogen-bond acceptors (Lipinski definition) is 4. The average Bonchev–Trinajstić information content (AvgIpc) is 3.04. The quantitative estimate of drug-likeness (QED) is 0.599. The van der Waals surface area contributed by atoms with Crippen LogP contribution in [0, 0.1) is 6.92 Å². The van der Waals surface area contributed by atoms with Crippen LogP contribution in [0.1, 0.15) is 17.8 Å². The molecule has 4 rings (SSSR count). The zero-order valence-corrected chi connectivity index (χ0v) is 15.9. The molecule has 2 aromatic carbocycles. The van der Waals surface area contributed by atoms with Gasteiger partial charge in [-0.2, -0.15) is 0 Å². The van der Waals surface area contributed by atoms with Crippen molar-refractivity contribution in [2.45, 2.75) is 26.4 Å². The van der Waals surface area contributed by atoms with Gasteiger partial charge in [-0.15, -0.1) is 0 Å². The molecule has 2 heterocycles. The van der Waals surface area contributed by atoms with Gasteiger partial charge in [0.2, 0.25) is 0 Å². The third-order valence-electron chi connectivity index (χ3n) is 5.02. The van der Waals surface area contributed by atoms with E-state index in [0.717, 1.165) is 62.9 Å². The molecule has 0 atom stereocenters. The van der Waals surface area contributed by atoms with Gasteiger partial charge >= 0.3 is 0 Å². The number of imidazole rings is 1. The SMILES string of the molecule is Cc1ccc(OCCCn2c(CN3CCOCC3)nc3ccccc32)cc1. The fourth-order valence-electron chi connectivity index (χ4n) is 3.50. The normalized spacial score (nSPS) is 15.3. The monoisotopic (exact) mass is 365 g/mol. The molecule has 27 heavy (non-hydrogen) atoms. The smallest absolute Gasteiger partial charge is 0.124 e. The van der Waals surface area contributed by atoms with Crippen molar-refractivity contribution in [3.63, 3.8) is 0 Å². The van der Waals surface area contributed by atoms with Crippen LogP contribution in [0.4, 0.5) is 0 Å². The van der Waals surface area contributed by atoms with Crippen LogP contribution in [0.25, 0.3) is 11.0 Å². The van der Waals surface area contributed by atoms with Crippen LogP contribution in [0.5, 0.6) is 5.75 Å². The molecule has 0 N–H and O–H groups in total. The van der Waals surface area contributed by atoms with Crippen LogP contribution in [0.3, 0.4) is 0 Å². The van der Waals surface area contributed by atoms with Gasteiger partial charge in [-0.25, -0.2) is 4.98 Å². The van der Waals surface area contributed by atoms with E-state index in [4.69, 9.17) is 14.5 Å². The maximum absolute atomic E-state index is 5.90. The van der Waals surface area contributed by atoms with Gasteiger partial charge in [-0.1, -0.05) is 29.8 Å². The summed E-state index contributed by atoms with van der Waals surface area (Å²) in [5.74, 6) is 2.07. The number of aromatic nitrogens is 2. The van der Waals surface area contributed by atoms with Gasteiger partial charge in [-0.05, 0) is 37.6 Å². The van der Waals surface area contributed by atoms with E-state index in [1.54, 1.807) is 0 Å². The third-order valence-corrected chi connectivity index (χ3v) is 5.02. The molecule has 1 fully saturated rings. The molecule has 5 heteroatoms. The second-order valence-electron chi connectivity index (χ2n) is 7.07. The van der Waals surface area contributed by atoms with Gasteiger partial charge in [0, 0.05) is 19.6 Å². The zero-order chi connectivity index (χ0) is 18.5. The van der Waals surface area contributed by atoms with Crippen LogP contribution in [-0.2, 0) is 17.8 Å². The van der Waals surface area contributed by atoms with Gasteiger partial charge in [0.15, 0.2) is 0 Å². The summed E-state index contributed by atoms with van der Waals surface area (Å²) < 4.78 is 13.7. The van der Waals surface area contributed by atoms with Crippen LogP contribution >= 0.6 is 0 Å². The predicted octanol–water partition coefficient (Wildman–Crippen LogP) is 3.65. The lowest BCUT2D eigenvalue weighted by Crippen LogP contribution is -2.36. The van der Waals surface area contributed by atoms with Crippen molar-refractivity contribution in [3.05, 3.63) is 59.9 Å². The minimum atomic E-state index is 0.701. The first-order valence-corrected chi connectivity index (χ1v) is 9.73. The Balaban J connectivity index is 1.42. The first-order valence-electron chi connectivity index (χ1n) is 9.73. The predicted molar refractivity (Wildman–Crippen MR) is 107 cm³/mol. The van der Waals surface area contributed by atoms with Crippen molar-refractivity contribution in [1.82, 2.24) is 14.5 Å².